The quantitative estimate of drug-likeness (QED) is 0.594. The molecule has 3 heteroatoms. The van der Waals surface area contributed by atoms with Crippen molar-refractivity contribution in [2.45, 2.75) is 6.42 Å². The van der Waals surface area contributed by atoms with Gasteiger partial charge in [-0.05, 0) is 12.1 Å². The van der Waals surface area contributed by atoms with Crippen LogP contribution < -0.4 is 5.73 Å². The smallest absolute Gasteiger partial charge is 0.255 e. The van der Waals surface area contributed by atoms with E-state index >= 15 is 0 Å². The number of nitrogen functional groups attached to an aromatic ring is 1. The van der Waals surface area contributed by atoms with Gasteiger partial charge in [-0.15, -0.1) is 12.3 Å². The summed E-state index contributed by atoms with van der Waals surface area (Å²) < 4.78 is 0. The number of carbonyl (C=O) groups excluding carboxylic acids is 1. The van der Waals surface area contributed by atoms with E-state index in [1.807, 2.05) is 0 Å². The fourth-order valence-corrected chi connectivity index (χ4v) is 1.23. The van der Waals surface area contributed by atoms with Crippen LogP contribution >= 0.6 is 0 Å². The Kier molecular flexibility index (Phi) is 3.75. The molecule has 0 spiro atoms. The standard InChI is InChI=1S/C12H14N2O/c1-3-4-9-14(2)12(15)10-7-5-6-8-11(10)13/h1,5-8H,4,9,13H2,2H3. The molecule has 0 saturated heterocycles. The lowest BCUT2D eigenvalue weighted by atomic mass is 10.1. The zero-order chi connectivity index (χ0) is 11.3. The van der Waals surface area contributed by atoms with Gasteiger partial charge in [0.2, 0.25) is 0 Å². The molecule has 1 aromatic rings. The van der Waals surface area contributed by atoms with E-state index in [9.17, 15) is 4.79 Å². The highest BCUT2D eigenvalue weighted by atomic mass is 16.2. The lowest BCUT2D eigenvalue weighted by molar-refractivity contribution is 0.0799. The molecule has 0 radical (unpaired) electrons. The molecule has 3 nitrogen and oxygen atoms in total. The second-order valence-corrected chi connectivity index (χ2v) is 3.27. The molecule has 2 N–H and O–H groups in total. The zero-order valence-corrected chi connectivity index (χ0v) is 8.73. The second-order valence-electron chi connectivity index (χ2n) is 3.27. The summed E-state index contributed by atoms with van der Waals surface area (Å²) in [5, 5.41) is 0. The van der Waals surface area contributed by atoms with Crippen molar-refractivity contribution in [2.24, 2.45) is 0 Å². The zero-order valence-electron chi connectivity index (χ0n) is 8.73. The normalized spacial score (nSPS) is 9.33. The van der Waals surface area contributed by atoms with Crippen LogP contribution in [-0.4, -0.2) is 24.4 Å². The van der Waals surface area contributed by atoms with Crippen LogP contribution in [0.1, 0.15) is 16.8 Å². The number of nitrogens with zero attached hydrogens (tertiary/aromatic N) is 1. The SMILES string of the molecule is C#CCCN(C)C(=O)c1ccccc1N. The first-order chi connectivity index (χ1) is 7.16. The summed E-state index contributed by atoms with van der Waals surface area (Å²) in [5.41, 5.74) is 6.72. The molecule has 0 fully saturated rings. The summed E-state index contributed by atoms with van der Waals surface area (Å²) in [6.45, 7) is 0.545. The first-order valence-corrected chi connectivity index (χ1v) is 4.70. The van der Waals surface area contributed by atoms with Crippen molar-refractivity contribution in [2.75, 3.05) is 19.3 Å². The molecule has 15 heavy (non-hydrogen) atoms. The molecule has 0 atom stereocenters. The maximum Gasteiger partial charge on any atom is 0.255 e. The van der Waals surface area contributed by atoms with Crippen LogP contribution in [0.2, 0.25) is 0 Å². The van der Waals surface area contributed by atoms with E-state index in [2.05, 4.69) is 5.92 Å². The van der Waals surface area contributed by atoms with E-state index in [1.54, 1.807) is 36.2 Å². The van der Waals surface area contributed by atoms with Gasteiger partial charge in [0.05, 0.1) is 5.56 Å². The number of terminal acetylenes is 1. The van der Waals surface area contributed by atoms with Gasteiger partial charge < -0.3 is 10.6 Å². The average Bonchev–Trinajstić information content (AvgIpc) is 2.25. The summed E-state index contributed by atoms with van der Waals surface area (Å²) in [7, 11) is 1.71. The predicted molar refractivity (Wildman–Crippen MR) is 61.3 cm³/mol. The monoisotopic (exact) mass is 202 g/mol. The number of hydrogen-bond acceptors (Lipinski definition) is 2. The van der Waals surface area contributed by atoms with Gasteiger partial charge in [-0.3, -0.25) is 4.79 Å². The molecule has 0 heterocycles. The van der Waals surface area contributed by atoms with Gasteiger partial charge in [0.25, 0.3) is 5.91 Å². The molecule has 0 saturated carbocycles. The van der Waals surface area contributed by atoms with Gasteiger partial charge in [-0.2, -0.15) is 0 Å². The molecule has 0 unspecified atom stereocenters. The molecule has 1 amide bonds. The minimum Gasteiger partial charge on any atom is -0.398 e. The van der Waals surface area contributed by atoms with Crippen LogP contribution in [0.3, 0.4) is 0 Å². The fraction of sp³-hybridized carbons (Fsp3) is 0.250. The maximum absolute atomic E-state index is 11.8. The number of hydrogen-bond donors (Lipinski definition) is 1. The molecule has 1 rings (SSSR count). The lowest BCUT2D eigenvalue weighted by Gasteiger charge is -2.16. The second kappa shape index (κ2) is 5.06. The molecular weight excluding hydrogens is 188 g/mol. The summed E-state index contributed by atoms with van der Waals surface area (Å²) in [5.74, 6) is 2.40. The molecule has 0 aliphatic heterocycles. The van der Waals surface area contributed by atoms with Crippen molar-refractivity contribution in [3.05, 3.63) is 29.8 Å². The Hall–Kier alpha value is -1.95. The number of carbonyl (C=O) groups is 1. The van der Waals surface area contributed by atoms with E-state index in [4.69, 9.17) is 12.2 Å². The van der Waals surface area contributed by atoms with Gasteiger partial charge in [0.1, 0.15) is 0 Å². The third kappa shape index (κ3) is 2.75. The van der Waals surface area contributed by atoms with Gasteiger partial charge in [0, 0.05) is 25.7 Å². The van der Waals surface area contributed by atoms with E-state index < -0.39 is 0 Å². The van der Waals surface area contributed by atoms with Crippen LogP contribution in [0.4, 0.5) is 5.69 Å². The summed E-state index contributed by atoms with van der Waals surface area (Å²) in [4.78, 5) is 13.4. The fourth-order valence-electron chi connectivity index (χ4n) is 1.23. The number of amides is 1. The number of para-hydroxylation sites is 1. The highest BCUT2D eigenvalue weighted by Crippen LogP contribution is 2.12. The first kappa shape index (κ1) is 11.1. The number of nitrogens with two attached hydrogens (primary N) is 1. The number of benzene rings is 1. The highest BCUT2D eigenvalue weighted by Gasteiger charge is 2.12. The Bertz CT molecular complexity index is 393. The van der Waals surface area contributed by atoms with Crippen molar-refractivity contribution in [3.8, 4) is 12.3 Å². The van der Waals surface area contributed by atoms with Crippen LogP contribution in [0.15, 0.2) is 24.3 Å². The largest absolute Gasteiger partial charge is 0.398 e. The van der Waals surface area contributed by atoms with Gasteiger partial charge in [0.15, 0.2) is 0 Å². The first-order valence-electron chi connectivity index (χ1n) is 4.70. The van der Waals surface area contributed by atoms with Crippen molar-refractivity contribution in [1.82, 2.24) is 4.90 Å². The van der Waals surface area contributed by atoms with Gasteiger partial charge in [-0.25, -0.2) is 0 Å². The number of anilines is 1. The maximum atomic E-state index is 11.8. The molecule has 0 aliphatic carbocycles. The van der Waals surface area contributed by atoms with Crippen LogP contribution in [0.25, 0.3) is 0 Å². The van der Waals surface area contributed by atoms with Gasteiger partial charge >= 0.3 is 0 Å². The Morgan fingerprint density at radius 1 is 1.53 bits per heavy atom. The van der Waals surface area contributed by atoms with E-state index in [0.717, 1.165) is 0 Å². The molecule has 0 aliphatic rings. The molecule has 0 bridgehead atoms. The van der Waals surface area contributed by atoms with Crippen molar-refractivity contribution in [1.29, 1.82) is 0 Å². The Morgan fingerprint density at radius 2 is 2.20 bits per heavy atom. The lowest BCUT2D eigenvalue weighted by Crippen LogP contribution is -2.28. The van der Waals surface area contributed by atoms with Crippen LogP contribution in [-0.2, 0) is 0 Å². The predicted octanol–water partition coefficient (Wildman–Crippen LogP) is 1.36. The van der Waals surface area contributed by atoms with E-state index in [0.29, 0.717) is 24.2 Å². The minimum absolute atomic E-state index is 0.0941. The average molecular weight is 202 g/mol. The molecular formula is C12H14N2O. The third-order valence-electron chi connectivity index (χ3n) is 2.13. The summed E-state index contributed by atoms with van der Waals surface area (Å²) >= 11 is 0. The van der Waals surface area contributed by atoms with Crippen molar-refractivity contribution < 1.29 is 4.79 Å². The minimum atomic E-state index is -0.0941. The molecule has 78 valence electrons. The third-order valence-corrected chi connectivity index (χ3v) is 2.13. The van der Waals surface area contributed by atoms with Crippen LogP contribution in [0.5, 0.6) is 0 Å². The number of rotatable bonds is 3. The Balaban J connectivity index is 2.77. The van der Waals surface area contributed by atoms with Gasteiger partial charge in [-0.1, -0.05) is 12.1 Å². The van der Waals surface area contributed by atoms with E-state index in [1.165, 1.54) is 0 Å². The topological polar surface area (TPSA) is 46.3 Å². The van der Waals surface area contributed by atoms with E-state index in [-0.39, 0.29) is 5.91 Å². The molecule has 1 aromatic carbocycles. The Morgan fingerprint density at radius 3 is 2.80 bits per heavy atom. The highest BCUT2D eigenvalue weighted by molar-refractivity contribution is 5.98. The van der Waals surface area contributed by atoms with Crippen molar-refractivity contribution in [3.63, 3.8) is 0 Å². The molecule has 0 aromatic heterocycles. The summed E-state index contributed by atoms with van der Waals surface area (Å²) in [6, 6.07) is 7.01. The van der Waals surface area contributed by atoms with Crippen LogP contribution in [0, 0.1) is 12.3 Å². The van der Waals surface area contributed by atoms with Crippen molar-refractivity contribution >= 4 is 11.6 Å². The Labute approximate surface area is 89.9 Å². The summed E-state index contributed by atoms with van der Waals surface area (Å²) in [6.07, 6.45) is 5.68.